The number of pyridine rings is 1. The van der Waals surface area contributed by atoms with E-state index in [0.717, 1.165) is 40.7 Å². The monoisotopic (exact) mass is 397 g/mol. The number of carbonyl (C=O) groups excluding carboxylic acids is 1. The van der Waals surface area contributed by atoms with Gasteiger partial charge in [-0.2, -0.15) is 0 Å². The van der Waals surface area contributed by atoms with E-state index in [0.29, 0.717) is 17.3 Å². The van der Waals surface area contributed by atoms with Crippen LogP contribution in [0.3, 0.4) is 0 Å². The number of ether oxygens (including phenoxy) is 1. The van der Waals surface area contributed by atoms with Crippen LogP contribution in [0.1, 0.15) is 34.7 Å². The molecule has 1 N–H and O–H groups in total. The zero-order valence-electron chi connectivity index (χ0n) is 17.1. The molecule has 0 aliphatic heterocycles. The molecular weight excluding hydrogens is 374 g/mol. The lowest BCUT2D eigenvalue weighted by atomic mass is 10.1. The van der Waals surface area contributed by atoms with Gasteiger partial charge in [-0.1, -0.05) is 30.3 Å². The molecule has 2 aromatic carbocycles. The number of benzene rings is 2. The van der Waals surface area contributed by atoms with Gasteiger partial charge in [0.25, 0.3) is 0 Å². The second-order valence-electron chi connectivity index (χ2n) is 7.78. The van der Waals surface area contributed by atoms with E-state index in [-0.39, 0.29) is 5.97 Å². The molecule has 0 unspecified atom stereocenters. The van der Waals surface area contributed by atoms with Gasteiger partial charge >= 0.3 is 5.97 Å². The van der Waals surface area contributed by atoms with Gasteiger partial charge in [0.05, 0.1) is 7.11 Å². The minimum Gasteiger partial charge on any atom is -0.465 e. The van der Waals surface area contributed by atoms with E-state index < -0.39 is 0 Å². The minimum absolute atomic E-state index is 0.375. The van der Waals surface area contributed by atoms with E-state index in [2.05, 4.69) is 52.2 Å². The lowest BCUT2D eigenvalue weighted by Crippen LogP contribution is -2.08. The quantitative estimate of drug-likeness (QED) is 0.442. The van der Waals surface area contributed by atoms with Gasteiger partial charge in [-0.15, -0.1) is 0 Å². The van der Waals surface area contributed by atoms with Crippen molar-refractivity contribution in [2.45, 2.75) is 18.8 Å². The van der Waals surface area contributed by atoms with Gasteiger partial charge in [0.15, 0.2) is 0 Å². The fourth-order valence-corrected chi connectivity index (χ4v) is 3.94. The standard InChI is InChI=1S/C25H23N3O2/c1-28-22-11-10-20(12-18(22)14-23(28)17-6-4-3-5-7-17)27-24-21(25(29)30-2)13-19(15-26-24)16-8-9-16/h3-7,10-16H,8-9H2,1-2H3,(H,26,27). The van der Waals surface area contributed by atoms with Crippen LogP contribution >= 0.6 is 0 Å². The summed E-state index contributed by atoms with van der Waals surface area (Å²) in [7, 11) is 3.47. The Bertz CT molecular complexity index is 1240. The second kappa shape index (κ2) is 7.34. The fourth-order valence-electron chi connectivity index (χ4n) is 3.94. The summed E-state index contributed by atoms with van der Waals surface area (Å²) in [5.41, 5.74) is 5.93. The Balaban J connectivity index is 1.51. The zero-order valence-corrected chi connectivity index (χ0v) is 17.1. The third-order valence-corrected chi connectivity index (χ3v) is 5.74. The molecule has 1 saturated carbocycles. The molecule has 0 amide bonds. The zero-order chi connectivity index (χ0) is 20.7. The van der Waals surface area contributed by atoms with Crippen molar-refractivity contribution < 1.29 is 9.53 Å². The topological polar surface area (TPSA) is 56.1 Å². The van der Waals surface area contributed by atoms with Gasteiger partial charge in [0.2, 0.25) is 0 Å². The first-order valence-corrected chi connectivity index (χ1v) is 10.1. The predicted molar refractivity (Wildman–Crippen MR) is 119 cm³/mol. The highest BCUT2D eigenvalue weighted by atomic mass is 16.5. The van der Waals surface area contributed by atoms with Crippen molar-refractivity contribution in [1.82, 2.24) is 9.55 Å². The first-order valence-electron chi connectivity index (χ1n) is 10.1. The van der Waals surface area contributed by atoms with Gasteiger partial charge in [-0.3, -0.25) is 0 Å². The summed E-state index contributed by atoms with van der Waals surface area (Å²) in [4.78, 5) is 16.9. The minimum atomic E-state index is -0.375. The third kappa shape index (κ3) is 3.32. The summed E-state index contributed by atoms with van der Waals surface area (Å²) in [6.07, 6.45) is 4.17. The SMILES string of the molecule is COC(=O)c1cc(C2CC2)cnc1Nc1ccc2c(c1)cc(-c1ccccc1)n2C. The second-order valence-corrected chi connectivity index (χ2v) is 7.78. The lowest BCUT2D eigenvalue weighted by Gasteiger charge is -2.12. The number of aromatic nitrogens is 2. The molecule has 4 aromatic rings. The van der Waals surface area contributed by atoms with E-state index >= 15 is 0 Å². The number of hydrogen-bond acceptors (Lipinski definition) is 4. The summed E-state index contributed by atoms with van der Waals surface area (Å²) >= 11 is 0. The number of esters is 1. The maximum atomic E-state index is 12.3. The Labute approximate surface area is 175 Å². The van der Waals surface area contributed by atoms with E-state index in [1.54, 1.807) is 0 Å². The number of aryl methyl sites for hydroxylation is 1. The summed E-state index contributed by atoms with van der Waals surface area (Å²) in [5, 5.41) is 4.43. The van der Waals surface area contributed by atoms with Gasteiger partial charge in [-0.05, 0) is 60.2 Å². The number of anilines is 2. The van der Waals surface area contributed by atoms with Crippen LogP contribution in [-0.2, 0) is 11.8 Å². The molecule has 0 radical (unpaired) electrons. The summed E-state index contributed by atoms with van der Waals surface area (Å²) in [6.45, 7) is 0. The number of rotatable bonds is 5. The fraction of sp³-hybridized carbons (Fsp3) is 0.200. The molecular formula is C25H23N3O2. The normalized spacial score (nSPS) is 13.4. The van der Waals surface area contributed by atoms with Crippen LogP contribution < -0.4 is 5.32 Å². The predicted octanol–water partition coefficient (Wildman–Crippen LogP) is 5.65. The molecule has 5 nitrogen and oxygen atoms in total. The van der Waals surface area contributed by atoms with Crippen LogP contribution in [0.25, 0.3) is 22.2 Å². The summed E-state index contributed by atoms with van der Waals surface area (Å²) in [5.74, 6) is 0.663. The molecule has 5 rings (SSSR count). The molecule has 5 heteroatoms. The number of nitrogens with one attached hydrogen (secondary N) is 1. The number of hydrogen-bond donors (Lipinski definition) is 1. The van der Waals surface area contributed by atoms with E-state index in [1.807, 2.05) is 36.5 Å². The van der Waals surface area contributed by atoms with Crippen molar-refractivity contribution in [1.29, 1.82) is 0 Å². The van der Waals surface area contributed by atoms with E-state index in [4.69, 9.17) is 4.74 Å². The van der Waals surface area contributed by atoms with Crippen molar-refractivity contribution in [3.63, 3.8) is 0 Å². The van der Waals surface area contributed by atoms with Gasteiger partial charge in [-0.25, -0.2) is 9.78 Å². The molecule has 0 bridgehead atoms. The molecule has 0 spiro atoms. The van der Waals surface area contributed by atoms with Crippen molar-refractivity contribution in [2.24, 2.45) is 7.05 Å². The Hall–Kier alpha value is -3.60. The van der Waals surface area contributed by atoms with Gasteiger partial charge in [0.1, 0.15) is 11.4 Å². The molecule has 1 fully saturated rings. The van der Waals surface area contributed by atoms with Crippen LogP contribution in [0.2, 0.25) is 0 Å². The Morgan fingerprint density at radius 1 is 1.10 bits per heavy atom. The van der Waals surface area contributed by atoms with Gasteiger partial charge in [0, 0.05) is 35.5 Å². The number of fused-ring (bicyclic) bond motifs is 1. The third-order valence-electron chi connectivity index (χ3n) is 5.74. The maximum Gasteiger partial charge on any atom is 0.341 e. The average molecular weight is 397 g/mol. The Morgan fingerprint density at radius 2 is 1.90 bits per heavy atom. The maximum absolute atomic E-state index is 12.3. The van der Waals surface area contributed by atoms with Gasteiger partial charge < -0.3 is 14.6 Å². The molecule has 150 valence electrons. The van der Waals surface area contributed by atoms with E-state index in [9.17, 15) is 4.79 Å². The van der Waals surface area contributed by atoms with Crippen LogP contribution in [0.5, 0.6) is 0 Å². The van der Waals surface area contributed by atoms with Crippen molar-refractivity contribution in [3.8, 4) is 11.3 Å². The molecule has 0 saturated heterocycles. The van der Waals surface area contributed by atoms with Crippen molar-refractivity contribution in [2.75, 3.05) is 12.4 Å². The number of carbonyl (C=O) groups is 1. The number of nitrogens with zero attached hydrogens (tertiary/aromatic N) is 2. The molecule has 30 heavy (non-hydrogen) atoms. The summed E-state index contributed by atoms with van der Waals surface area (Å²) in [6, 6.07) is 20.6. The summed E-state index contributed by atoms with van der Waals surface area (Å²) < 4.78 is 7.18. The first kappa shape index (κ1) is 18.4. The largest absolute Gasteiger partial charge is 0.465 e. The van der Waals surface area contributed by atoms with Crippen molar-refractivity contribution in [3.05, 3.63) is 78.0 Å². The van der Waals surface area contributed by atoms with Crippen LogP contribution in [0, 0.1) is 0 Å². The van der Waals surface area contributed by atoms with Crippen LogP contribution in [0.15, 0.2) is 66.9 Å². The highest BCUT2D eigenvalue weighted by Gasteiger charge is 2.26. The smallest absolute Gasteiger partial charge is 0.341 e. The highest BCUT2D eigenvalue weighted by Crippen LogP contribution is 2.40. The van der Waals surface area contributed by atoms with E-state index in [1.165, 1.54) is 12.7 Å². The number of methoxy groups -OCH3 is 1. The van der Waals surface area contributed by atoms with Crippen LogP contribution in [-0.4, -0.2) is 22.6 Å². The average Bonchev–Trinajstić information content (AvgIpc) is 3.58. The molecule has 2 aromatic heterocycles. The molecule has 1 aliphatic rings. The first-order chi connectivity index (χ1) is 14.6. The lowest BCUT2D eigenvalue weighted by molar-refractivity contribution is 0.0601. The molecule has 0 atom stereocenters. The Morgan fingerprint density at radius 3 is 2.63 bits per heavy atom. The van der Waals surface area contributed by atoms with Crippen molar-refractivity contribution >= 4 is 28.4 Å². The van der Waals surface area contributed by atoms with Crippen LogP contribution in [0.4, 0.5) is 11.5 Å². The highest BCUT2D eigenvalue weighted by molar-refractivity contribution is 5.96. The molecule has 1 aliphatic carbocycles. The molecule has 2 heterocycles. The Kier molecular flexibility index (Phi) is 4.51.